The topological polar surface area (TPSA) is 94.5 Å². The molecular weight excluding hydrogens is 372 g/mol. The van der Waals surface area contributed by atoms with E-state index < -0.39 is 0 Å². The number of aromatic nitrogens is 3. The Hall–Kier alpha value is -3.68. The van der Waals surface area contributed by atoms with Gasteiger partial charge in [-0.3, -0.25) is 4.79 Å². The van der Waals surface area contributed by atoms with E-state index in [-0.39, 0.29) is 12.5 Å². The van der Waals surface area contributed by atoms with E-state index in [2.05, 4.69) is 15.2 Å². The number of methoxy groups -OCH3 is 1. The maximum atomic E-state index is 12.7. The van der Waals surface area contributed by atoms with E-state index in [1.54, 1.807) is 39.3 Å². The van der Waals surface area contributed by atoms with E-state index in [0.29, 0.717) is 40.8 Å². The molecule has 0 bridgehead atoms. The second-order valence-electron chi connectivity index (χ2n) is 6.69. The number of hydrogen-bond donors (Lipinski definition) is 0. The third kappa shape index (κ3) is 4.11. The highest BCUT2D eigenvalue weighted by molar-refractivity contribution is 5.96. The maximum Gasteiger partial charge on any atom is 0.254 e. The van der Waals surface area contributed by atoms with Crippen LogP contribution in [-0.2, 0) is 13.0 Å². The van der Waals surface area contributed by atoms with Crippen LogP contribution in [0.2, 0.25) is 0 Å². The highest BCUT2D eigenvalue weighted by Gasteiger charge is 2.17. The van der Waals surface area contributed by atoms with Crippen LogP contribution in [-0.4, -0.2) is 40.1 Å². The summed E-state index contributed by atoms with van der Waals surface area (Å²) in [4.78, 5) is 18.7. The van der Waals surface area contributed by atoms with E-state index in [1.807, 2.05) is 24.3 Å². The van der Waals surface area contributed by atoms with Gasteiger partial charge in [0.25, 0.3) is 5.91 Å². The predicted octanol–water partition coefficient (Wildman–Crippen LogP) is 3.39. The van der Waals surface area contributed by atoms with Gasteiger partial charge in [-0.05, 0) is 35.9 Å². The van der Waals surface area contributed by atoms with Crippen molar-refractivity contribution in [1.29, 1.82) is 0 Å². The molecule has 0 saturated carbocycles. The number of ether oxygens (including phenoxy) is 1. The molecule has 0 saturated heterocycles. The first-order chi connectivity index (χ1) is 14.0. The summed E-state index contributed by atoms with van der Waals surface area (Å²) in [6, 6.07) is 13.0. The van der Waals surface area contributed by atoms with Gasteiger partial charge < -0.3 is 18.5 Å². The lowest BCUT2D eigenvalue weighted by molar-refractivity contribution is 0.0772. The van der Waals surface area contributed by atoms with Gasteiger partial charge in [-0.1, -0.05) is 12.1 Å². The second-order valence-corrected chi connectivity index (χ2v) is 6.69. The second kappa shape index (κ2) is 7.75. The number of carbonyl (C=O) groups excluding carboxylic acids is 1. The number of benzene rings is 2. The minimum absolute atomic E-state index is 0.171. The molecule has 0 radical (unpaired) electrons. The van der Waals surface area contributed by atoms with Gasteiger partial charge in [0.15, 0.2) is 11.5 Å². The van der Waals surface area contributed by atoms with E-state index in [0.717, 1.165) is 11.3 Å². The average Bonchev–Trinajstić information content (AvgIpc) is 3.32. The molecule has 8 heteroatoms. The highest BCUT2D eigenvalue weighted by Crippen LogP contribution is 2.21. The molecular formula is C21H20N4O4. The Bertz CT molecular complexity index is 1150. The molecule has 4 rings (SSSR count). The van der Waals surface area contributed by atoms with Crippen molar-refractivity contribution in [2.24, 2.45) is 0 Å². The molecule has 0 N–H and O–H groups in total. The summed E-state index contributed by atoms with van der Waals surface area (Å²) < 4.78 is 16.4. The fraction of sp³-hybridized carbons (Fsp3) is 0.238. The van der Waals surface area contributed by atoms with Crippen molar-refractivity contribution in [1.82, 2.24) is 20.1 Å². The molecule has 0 atom stereocenters. The first kappa shape index (κ1) is 18.7. The maximum absolute atomic E-state index is 12.7. The van der Waals surface area contributed by atoms with Gasteiger partial charge in [-0.15, -0.1) is 10.2 Å². The zero-order chi connectivity index (χ0) is 20.4. The third-order valence-corrected chi connectivity index (χ3v) is 4.48. The van der Waals surface area contributed by atoms with Gasteiger partial charge in [0.2, 0.25) is 11.8 Å². The Morgan fingerprint density at radius 3 is 2.55 bits per heavy atom. The summed E-state index contributed by atoms with van der Waals surface area (Å²) in [5.41, 5.74) is 2.84. The van der Waals surface area contributed by atoms with Crippen LogP contribution >= 0.6 is 0 Å². The van der Waals surface area contributed by atoms with Crippen LogP contribution in [0, 0.1) is 6.92 Å². The van der Waals surface area contributed by atoms with Crippen molar-refractivity contribution in [2.75, 3.05) is 14.2 Å². The van der Waals surface area contributed by atoms with E-state index in [1.165, 1.54) is 4.90 Å². The predicted molar refractivity (Wildman–Crippen MR) is 105 cm³/mol. The lowest BCUT2D eigenvalue weighted by Crippen LogP contribution is -2.26. The zero-order valence-electron chi connectivity index (χ0n) is 16.4. The van der Waals surface area contributed by atoms with Crippen LogP contribution in [0.5, 0.6) is 5.75 Å². The zero-order valence-corrected chi connectivity index (χ0v) is 16.4. The fourth-order valence-corrected chi connectivity index (χ4v) is 3.00. The SMILES string of the molecule is COc1ccc(Cc2nc3ccc(C(=O)N(C)Cc4nnc(C)o4)cc3o2)cc1. The molecule has 1 amide bonds. The highest BCUT2D eigenvalue weighted by atomic mass is 16.5. The van der Waals surface area contributed by atoms with Gasteiger partial charge >= 0.3 is 0 Å². The molecule has 0 aliphatic heterocycles. The number of rotatable bonds is 6. The van der Waals surface area contributed by atoms with Crippen molar-refractivity contribution >= 4 is 17.0 Å². The van der Waals surface area contributed by atoms with Crippen LogP contribution < -0.4 is 4.74 Å². The van der Waals surface area contributed by atoms with E-state index in [4.69, 9.17) is 13.6 Å². The Morgan fingerprint density at radius 2 is 1.86 bits per heavy atom. The minimum Gasteiger partial charge on any atom is -0.497 e. The van der Waals surface area contributed by atoms with Crippen LogP contribution in [0.15, 0.2) is 51.3 Å². The van der Waals surface area contributed by atoms with Crippen molar-refractivity contribution < 1.29 is 18.4 Å². The van der Waals surface area contributed by atoms with E-state index >= 15 is 0 Å². The largest absolute Gasteiger partial charge is 0.497 e. The van der Waals surface area contributed by atoms with Crippen LogP contribution in [0.25, 0.3) is 11.1 Å². The summed E-state index contributed by atoms with van der Waals surface area (Å²) in [6.45, 7) is 1.94. The third-order valence-electron chi connectivity index (χ3n) is 4.48. The molecule has 29 heavy (non-hydrogen) atoms. The molecule has 0 aliphatic rings. The summed E-state index contributed by atoms with van der Waals surface area (Å²) in [7, 11) is 3.32. The molecule has 2 aromatic heterocycles. The van der Waals surface area contributed by atoms with Gasteiger partial charge in [0.1, 0.15) is 11.3 Å². The normalized spacial score (nSPS) is 11.0. The molecule has 4 aromatic rings. The van der Waals surface area contributed by atoms with Crippen LogP contribution in [0.4, 0.5) is 0 Å². The summed E-state index contributed by atoms with van der Waals surface area (Å²) in [5, 5.41) is 7.69. The number of fused-ring (bicyclic) bond motifs is 1. The number of hydrogen-bond acceptors (Lipinski definition) is 7. The molecule has 0 aliphatic carbocycles. The lowest BCUT2D eigenvalue weighted by atomic mass is 10.1. The number of carbonyl (C=O) groups is 1. The molecule has 0 unspecified atom stereocenters. The number of nitrogens with zero attached hydrogens (tertiary/aromatic N) is 4. The van der Waals surface area contributed by atoms with Crippen molar-refractivity contribution in [3.8, 4) is 5.75 Å². The molecule has 0 fully saturated rings. The van der Waals surface area contributed by atoms with Gasteiger partial charge in [0.05, 0.1) is 13.7 Å². The number of oxazole rings is 1. The van der Waals surface area contributed by atoms with Crippen LogP contribution in [0.1, 0.15) is 33.6 Å². The molecule has 0 spiro atoms. The Balaban J connectivity index is 1.50. The Morgan fingerprint density at radius 1 is 1.07 bits per heavy atom. The summed E-state index contributed by atoms with van der Waals surface area (Å²) >= 11 is 0. The monoisotopic (exact) mass is 392 g/mol. The van der Waals surface area contributed by atoms with Crippen molar-refractivity contribution in [3.05, 3.63) is 71.3 Å². The molecule has 148 valence electrons. The smallest absolute Gasteiger partial charge is 0.254 e. The first-order valence-corrected chi connectivity index (χ1v) is 9.08. The van der Waals surface area contributed by atoms with E-state index in [9.17, 15) is 4.79 Å². The average molecular weight is 392 g/mol. The fourth-order valence-electron chi connectivity index (χ4n) is 3.00. The van der Waals surface area contributed by atoms with Crippen LogP contribution in [0.3, 0.4) is 0 Å². The standard InChI is InChI=1S/C21H20N4O4/c1-13-23-24-20(28-13)12-25(2)21(26)15-6-9-17-18(11-15)29-19(22-17)10-14-4-7-16(27-3)8-5-14/h4-9,11H,10,12H2,1-3H3. The minimum atomic E-state index is -0.171. The van der Waals surface area contributed by atoms with Crippen molar-refractivity contribution in [3.63, 3.8) is 0 Å². The number of aryl methyl sites for hydroxylation is 1. The summed E-state index contributed by atoms with van der Waals surface area (Å²) in [6.07, 6.45) is 0.554. The molecule has 2 heterocycles. The van der Waals surface area contributed by atoms with Gasteiger partial charge in [0, 0.05) is 26.0 Å². The van der Waals surface area contributed by atoms with Gasteiger partial charge in [-0.2, -0.15) is 0 Å². The Kier molecular flexibility index (Phi) is 4.99. The quantitative estimate of drug-likeness (QED) is 0.496. The lowest BCUT2D eigenvalue weighted by Gasteiger charge is -2.14. The summed E-state index contributed by atoms with van der Waals surface area (Å²) in [5.74, 6) is 2.07. The molecule has 8 nitrogen and oxygen atoms in total. The first-order valence-electron chi connectivity index (χ1n) is 9.08. The van der Waals surface area contributed by atoms with Gasteiger partial charge in [-0.25, -0.2) is 4.98 Å². The number of amides is 1. The Labute approximate surface area is 167 Å². The van der Waals surface area contributed by atoms with Crippen molar-refractivity contribution in [2.45, 2.75) is 19.9 Å². The molecule has 2 aromatic carbocycles.